The molecule has 0 unspecified atom stereocenters. The van der Waals surface area contributed by atoms with Gasteiger partial charge >= 0.3 is 0 Å². The quantitative estimate of drug-likeness (QED) is 0.575. The molecule has 1 heterocycles. The molecule has 0 N–H and O–H groups in total. The van der Waals surface area contributed by atoms with Crippen LogP contribution in [0.15, 0.2) is 40.1 Å². The molecule has 0 radical (unpaired) electrons. The summed E-state index contributed by atoms with van der Waals surface area (Å²) in [6.07, 6.45) is 4.54. The van der Waals surface area contributed by atoms with Crippen molar-refractivity contribution >= 4 is 28.3 Å². The first-order valence-corrected chi connectivity index (χ1v) is 5.31. The molecular formula is C12H9BrO2. The molecule has 0 fully saturated rings. The number of carbonyl (C=O) groups is 1. The van der Waals surface area contributed by atoms with E-state index in [1.54, 1.807) is 13.0 Å². The minimum absolute atomic E-state index is 0.597. The van der Waals surface area contributed by atoms with Crippen LogP contribution in [-0.4, -0.2) is 6.29 Å². The molecule has 2 rings (SSSR count). The monoisotopic (exact) mass is 264 g/mol. The molecule has 1 aliphatic heterocycles. The van der Waals surface area contributed by atoms with Crippen molar-refractivity contribution in [3.8, 4) is 5.75 Å². The Morgan fingerprint density at radius 2 is 2.20 bits per heavy atom. The highest BCUT2D eigenvalue weighted by molar-refractivity contribution is 9.10. The SMILES string of the molecule is C/C(C=O)=C1\C=Cc2cc(Br)ccc2O1. The van der Waals surface area contributed by atoms with Crippen LogP contribution in [0.3, 0.4) is 0 Å². The van der Waals surface area contributed by atoms with Gasteiger partial charge in [0.25, 0.3) is 0 Å². The molecule has 0 spiro atoms. The Morgan fingerprint density at radius 3 is 2.93 bits per heavy atom. The van der Waals surface area contributed by atoms with Crippen LogP contribution in [0, 0.1) is 0 Å². The van der Waals surface area contributed by atoms with Crippen molar-refractivity contribution in [3.63, 3.8) is 0 Å². The second kappa shape index (κ2) is 4.03. The van der Waals surface area contributed by atoms with Crippen LogP contribution in [0.5, 0.6) is 5.75 Å². The van der Waals surface area contributed by atoms with Crippen molar-refractivity contribution in [1.82, 2.24) is 0 Å². The van der Waals surface area contributed by atoms with Crippen LogP contribution in [0.4, 0.5) is 0 Å². The Balaban J connectivity index is 2.44. The summed E-state index contributed by atoms with van der Waals surface area (Å²) in [6, 6.07) is 5.76. The summed E-state index contributed by atoms with van der Waals surface area (Å²) in [7, 11) is 0. The second-order valence-corrected chi connectivity index (χ2v) is 4.20. The van der Waals surface area contributed by atoms with Crippen molar-refractivity contribution in [1.29, 1.82) is 0 Å². The first-order chi connectivity index (χ1) is 7.20. The molecule has 2 nitrogen and oxygen atoms in total. The van der Waals surface area contributed by atoms with Crippen molar-refractivity contribution < 1.29 is 9.53 Å². The molecule has 1 aromatic rings. The number of hydrogen-bond acceptors (Lipinski definition) is 2. The van der Waals surface area contributed by atoms with Crippen LogP contribution >= 0.6 is 15.9 Å². The molecule has 1 aromatic carbocycles. The number of rotatable bonds is 1. The zero-order valence-corrected chi connectivity index (χ0v) is 9.74. The fraction of sp³-hybridized carbons (Fsp3) is 0.0833. The Bertz CT molecular complexity index is 473. The van der Waals surface area contributed by atoms with E-state index >= 15 is 0 Å². The van der Waals surface area contributed by atoms with Gasteiger partial charge in [0.1, 0.15) is 17.8 Å². The molecule has 0 amide bonds. The zero-order valence-electron chi connectivity index (χ0n) is 8.16. The lowest BCUT2D eigenvalue weighted by molar-refractivity contribution is -0.105. The minimum atomic E-state index is 0.597. The normalized spacial score (nSPS) is 16.7. The lowest BCUT2D eigenvalue weighted by atomic mass is 10.1. The zero-order chi connectivity index (χ0) is 10.8. The van der Waals surface area contributed by atoms with Crippen molar-refractivity contribution in [3.05, 3.63) is 45.6 Å². The standard InChI is InChI=1S/C12H9BrO2/c1-8(7-14)11-4-2-9-6-10(13)3-5-12(9)15-11/h2-7H,1H3/b11-8-. The topological polar surface area (TPSA) is 26.3 Å². The highest BCUT2D eigenvalue weighted by Gasteiger charge is 2.11. The smallest absolute Gasteiger partial charge is 0.149 e. The summed E-state index contributed by atoms with van der Waals surface area (Å²) in [5.41, 5.74) is 1.60. The van der Waals surface area contributed by atoms with E-state index in [9.17, 15) is 4.79 Å². The number of aldehydes is 1. The van der Waals surface area contributed by atoms with E-state index in [-0.39, 0.29) is 0 Å². The molecule has 0 saturated heterocycles. The van der Waals surface area contributed by atoms with Gasteiger partial charge in [-0.25, -0.2) is 0 Å². The number of fused-ring (bicyclic) bond motifs is 1. The van der Waals surface area contributed by atoms with Crippen LogP contribution < -0.4 is 4.74 Å². The number of halogens is 1. The van der Waals surface area contributed by atoms with E-state index in [2.05, 4.69) is 15.9 Å². The number of benzene rings is 1. The summed E-state index contributed by atoms with van der Waals surface area (Å²) in [5.74, 6) is 1.39. The Morgan fingerprint density at radius 1 is 1.40 bits per heavy atom. The molecule has 0 bridgehead atoms. The van der Waals surface area contributed by atoms with Gasteiger partial charge < -0.3 is 4.74 Å². The predicted octanol–water partition coefficient (Wildman–Crippen LogP) is 3.33. The van der Waals surface area contributed by atoms with Crippen molar-refractivity contribution in [2.45, 2.75) is 6.92 Å². The van der Waals surface area contributed by atoms with Gasteiger partial charge in [-0.2, -0.15) is 0 Å². The average Bonchev–Trinajstić information content (AvgIpc) is 2.27. The lowest BCUT2D eigenvalue weighted by Crippen LogP contribution is -2.02. The number of hydrogen-bond donors (Lipinski definition) is 0. The molecule has 0 atom stereocenters. The molecule has 1 aliphatic rings. The summed E-state index contributed by atoms with van der Waals surface area (Å²) >= 11 is 3.39. The fourth-order valence-electron chi connectivity index (χ4n) is 1.33. The minimum Gasteiger partial charge on any atom is -0.456 e. The number of carbonyl (C=O) groups excluding carboxylic acids is 1. The third-order valence-corrected chi connectivity index (χ3v) is 2.66. The number of allylic oxidation sites excluding steroid dienone is 2. The van der Waals surface area contributed by atoms with Crippen LogP contribution in [0.2, 0.25) is 0 Å². The Labute approximate surface area is 96.4 Å². The van der Waals surface area contributed by atoms with Gasteiger partial charge in [0.15, 0.2) is 0 Å². The molecule has 76 valence electrons. The molecule has 15 heavy (non-hydrogen) atoms. The lowest BCUT2D eigenvalue weighted by Gasteiger charge is -2.15. The van der Waals surface area contributed by atoms with Gasteiger partial charge in [0.05, 0.1) is 0 Å². The van der Waals surface area contributed by atoms with Crippen LogP contribution in [-0.2, 0) is 4.79 Å². The van der Waals surface area contributed by atoms with E-state index in [0.717, 1.165) is 22.1 Å². The molecule has 0 saturated carbocycles. The second-order valence-electron chi connectivity index (χ2n) is 3.28. The van der Waals surface area contributed by atoms with E-state index < -0.39 is 0 Å². The maximum absolute atomic E-state index is 10.6. The van der Waals surface area contributed by atoms with Crippen molar-refractivity contribution in [2.75, 3.05) is 0 Å². The van der Waals surface area contributed by atoms with Crippen molar-refractivity contribution in [2.24, 2.45) is 0 Å². The highest BCUT2D eigenvalue weighted by atomic mass is 79.9. The summed E-state index contributed by atoms with van der Waals surface area (Å²) in [6.45, 7) is 1.73. The molecule has 0 aliphatic carbocycles. The van der Waals surface area contributed by atoms with E-state index in [0.29, 0.717) is 11.3 Å². The maximum Gasteiger partial charge on any atom is 0.149 e. The van der Waals surface area contributed by atoms with Gasteiger partial charge in [0, 0.05) is 15.6 Å². The third-order valence-electron chi connectivity index (χ3n) is 2.17. The fourth-order valence-corrected chi connectivity index (χ4v) is 1.71. The molecule has 3 heteroatoms. The summed E-state index contributed by atoms with van der Waals surface area (Å²) < 4.78 is 6.59. The van der Waals surface area contributed by atoms with Crippen LogP contribution in [0.25, 0.3) is 6.08 Å². The first kappa shape index (κ1) is 10.2. The molecule has 0 aromatic heterocycles. The average molecular weight is 265 g/mol. The van der Waals surface area contributed by atoms with E-state index in [4.69, 9.17) is 4.74 Å². The molecular weight excluding hydrogens is 256 g/mol. The largest absolute Gasteiger partial charge is 0.456 e. The predicted molar refractivity (Wildman–Crippen MR) is 62.6 cm³/mol. The highest BCUT2D eigenvalue weighted by Crippen LogP contribution is 2.30. The third kappa shape index (κ3) is 2.02. The van der Waals surface area contributed by atoms with Gasteiger partial charge in [-0.05, 0) is 37.3 Å². The summed E-state index contributed by atoms with van der Waals surface area (Å²) in [4.78, 5) is 10.6. The van der Waals surface area contributed by atoms with E-state index in [1.807, 2.05) is 24.3 Å². The Kier molecular flexibility index (Phi) is 2.73. The van der Waals surface area contributed by atoms with Gasteiger partial charge in [-0.15, -0.1) is 0 Å². The maximum atomic E-state index is 10.6. The summed E-state index contributed by atoms with van der Waals surface area (Å²) in [5, 5.41) is 0. The van der Waals surface area contributed by atoms with E-state index in [1.165, 1.54) is 0 Å². The van der Waals surface area contributed by atoms with Gasteiger partial charge in [-0.1, -0.05) is 15.9 Å². The Hall–Kier alpha value is -1.35. The van der Waals surface area contributed by atoms with Gasteiger partial charge in [-0.3, -0.25) is 4.79 Å². The number of ether oxygens (including phenoxy) is 1. The van der Waals surface area contributed by atoms with Crippen LogP contribution in [0.1, 0.15) is 12.5 Å². The van der Waals surface area contributed by atoms with Gasteiger partial charge in [0.2, 0.25) is 0 Å². The first-order valence-electron chi connectivity index (χ1n) is 4.52.